The van der Waals surface area contributed by atoms with Crippen LogP contribution in [0, 0.1) is 0 Å². The van der Waals surface area contributed by atoms with Crippen molar-refractivity contribution in [1.82, 2.24) is 0 Å². The summed E-state index contributed by atoms with van der Waals surface area (Å²) in [4.78, 5) is 5.18. The molecule has 0 unspecified atom stereocenters. The molecular weight excluding hydrogens is 198 g/mol. The molecular formula is C14H21NO. The van der Waals surface area contributed by atoms with Gasteiger partial charge in [-0.15, -0.1) is 0 Å². The van der Waals surface area contributed by atoms with Gasteiger partial charge < -0.3 is 4.84 Å². The molecule has 0 heterocycles. The lowest BCUT2D eigenvalue weighted by molar-refractivity contribution is 0.141. The van der Waals surface area contributed by atoms with Crippen molar-refractivity contribution in [2.24, 2.45) is 5.16 Å². The Kier molecular flexibility index (Phi) is 6.31. The van der Waals surface area contributed by atoms with E-state index in [1.807, 2.05) is 6.07 Å². The summed E-state index contributed by atoms with van der Waals surface area (Å²) in [5.74, 6) is 0. The minimum Gasteiger partial charge on any atom is -0.396 e. The standard InChI is InChI=1S/C14H21NO/c1-3-5-6-10-16-15-12-14-9-7-8-13(4-2)11-14/h7-9,11-12H,3-6,10H2,1-2H3. The van der Waals surface area contributed by atoms with E-state index in [1.54, 1.807) is 6.21 Å². The van der Waals surface area contributed by atoms with E-state index in [0.29, 0.717) is 0 Å². The smallest absolute Gasteiger partial charge is 0.117 e. The summed E-state index contributed by atoms with van der Waals surface area (Å²) in [5.41, 5.74) is 2.43. The van der Waals surface area contributed by atoms with Crippen LogP contribution in [-0.4, -0.2) is 12.8 Å². The maximum absolute atomic E-state index is 5.18. The molecule has 16 heavy (non-hydrogen) atoms. The molecule has 0 bridgehead atoms. The van der Waals surface area contributed by atoms with E-state index in [2.05, 4.69) is 37.2 Å². The molecule has 2 nitrogen and oxygen atoms in total. The van der Waals surface area contributed by atoms with Gasteiger partial charge in [0.15, 0.2) is 0 Å². The number of nitrogens with zero attached hydrogens (tertiary/aromatic N) is 1. The summed E-state index contributed by atoms with van der Waals surface area (Å²) >= 11 is 0. The Morgan fingerprint density at radius 2 is 2.12 bits per heavy atom. The first-order chi connectivity index (χ1) is 7.86. The van der Waals surface area contributed by atoms with E-state index in [-0.39, 0.29) is 0 Å². The van der Waals surface area contributed by atoms with Gasteiger partial charge in [0.25, 0.3) is 0 Å². The van der Waals surface area contributed by atoms with Crippen molar-refractivity contribution in [2.45, 2.75) is 39.5 Å². The van der Waals surface area contributed by atoms with Gasteiger partial charge in [-0.2, -0.15) is 0 Å². The molecule has 0 saturated heterocycles. The lowest BCUT2D eigenvalue weighted by atomic mass is 10.1. The minimum absolute atomic E-state index is 0.720. The molecule has 0 radical (unpaired) electrons. The van der Waals surface area contributed by atoms with Gasteiger partial charge in [0.2, 0.25) is 0 Å². The van der Waals surface area contributed by atoms with Crippen molar-refractivity contribution in [2.75, 3.05) is 6.61 Å². The molecule has 1 aromatic rings. The normalized spacial score (nSPS) is 10.9. The van der Waals surface area contributed by atoms with Gasteiger partial charge in [0.1, 0.15) is 6.61 Å². The Hall–Kier alpha value is -1.31. The number of oxime groups is 1. The van der Waals surface area contributed by atoms with Crippen LogP contribution in [0.3, 0.4) is 0 Å². The van der Waals surface area contributed by atoms with Crippen LogP contribution >= 0.6 is 0 Å². The molecule has 0 spiro atoms. The average Bonchev–Trinajstić information content (AvgIpc) is 2.34. The number of unbranched alkanes of at least 4 members (excludes halogenated alkanes) is 2. The third-order valence-corrected chi connectivity index (χ3v) is 2.47. The Bertz CT molecular complexity index is 320. The third-order valence-electron chi connectivity index (χ3n) is 2.47. The van der Waals surface area contributed by atoms with Crippen molar-refractivity contribution in [1.29, 1.82) is 0 Å². The van der Waals surface area contributed by atoms with Crippen LogP contribution in [0.5, 0.6) is 0 Å². The first-order valence-electron chi connectivity index (χ1n) is 6.11. The SMILES string of the molecule is CCCCCON=Cc1cccc(CC)c1. The quantitative estimate of drug-likeness (QED) is 0.388. The fraction of sp³-hybridized carbons (Fsp3) is 0.500. The van der Waals surface area contributed by atoms with Crippen molar-refractivity contribution in [3.05, 3.63) is 35.4 Å². The van der Waals surface area contributed by atoms with Crippen molar-refractivity contribution < 1.29 is 4.84 Å². The van der Waals surface area contributed by atoms with E-state index in [4.69, 9.17) is 4.84 Å². The lowest BCUT2D eigenvalue weighted by Crippen LogP contribution is -1.90. The maximum atomic E-state index is 5.18. The highest BCUT2D eigenvalue weighted by atomic mass is 16.6. The van der Waals surface area contributed by atoms with Crippen molar-refractivity contribution >= 4 is 6.21 Å². The Morgan fingerprint density at radius 3 is 2.88 bits per heavy atom. The highest BCUT2D eigenvalue weighted by Crippen LogP contribution is 2.03. The molecule has 0 fully saturated rings. The van der Waals surface area contributed by atoms with Gasteiger partial charge in [0.05, 0.1) is 6.21 Å². The Balaban J connectivity index is 2.32. The van der Waals surface area contributed by atoms with E-state index in [0.717, 1.165) is 25.0 Å². The summed E-state index contributed by atoms with van der Waals surface area (Å²) in [6.45, 7) is 5.05. The number of aryl methyl sites for hydroxylation is 1. The maximum Gasteiger partial charge on any atom is 0.117 e. The van der Waals surface area contributed by atoms with E-state index < -0.39 is 0 Å². The van der Waals surface area contributed by atoms with Crippen LogP contribution in [0.1, 0.15) is 44.2 Å². The van der Waals surface area contributed by atoms with Crippen molar-refractivity contribution in [3.8, 4) is 0 Å². The number of benzene rings is 1. The molecule has 0 amide bonds. The zero-order valence-electron chi connectivity index (χ0n) is 10.3. The van der Waals surface area contributed by atoms with Crippen molar-refractivity contribution in [3.63, 3.8) is 0 Å². The molecule has 0 aromatic heterocycles. The zero-order chi connectivity index (χ0) is 11.6. The van der Waals surface area contributed by atoms with E-state index >= 15 is 0 Å². The Labute approximate surface area is 98.3 Å². The largest absolute Gasteiger partial charge is 0.396 e. The highest BCUT2D eigenvalue weighted by Gasteiger charge is 1.91. The molecule has 0 saturated carbocycles. The summed E-state index contributed by atoms with van der Waals surface area (Å²) in [7, 11) is 0. The predicted molar refractivity (Wildman–Crippen MR) is 68.9 cm³/mol. The molecule has 2 heteroatoms. The monoisotopic (exact) mass is 219 g/mol. The number of hydrogen-bond donors (Lipinski definition) is 0. The second-order valence-electron chi connectivity index (χ2n) is 3.87. The van der Waals surface area contributed by atoms with E-state index in [9.17, 15) is 0 Å². The summed E-state index contributed by atoms with van der Waals surface area (Å²) in [6, 6.07) is 8.35. The number of rotatable bonds is 7. The molecule has 0 aliphatic heterocycles. The summed E-state index contributed by atoms with van der Waals surface area (Å²) in [5, 5.41) is 3.96. The average molecular weight is 219 g/mol. The third kappa shape index (κ3) is 4.96. The topological polar surface area (TPSA) is 21.6 Å². The summed E-state index contributed by atoms with van der Waals surface area (Å²) < 4.78 is 0. The first kappa shape index (κ1) is 12.8. The molecule has 0 aliphatic carbocycles. The van der Waals surface area contributed by atoms with Crippen LogP contribution in [0.15, 0.2) is 29.4 Å². The highest BCUT2D eigenvalue weighted by molar-refractivity contribution is 5.79. The predicted octanol–water partition coefficient (Wildman–Crippen LogP) is 3.79. The molecule has 0 aliphatic rings. The molecule has 1 aromatic carbocycles. The van der Waals surface area contributed by atoms with Gasteiger partial charge in [-0.1, -0.05) is 56.1 Å². The van der Waals surface area contributed by atoms with Gasteiger partial charge in [-0.3, -0.25) is 0 Å². The van der Waals surface area contributed by atoms with Crippen LogP contribution in [0.4, 0.5) is 0 Å². The molecule has 1 rings (SSSR count). The van der Waals surface area contributed by atoms with E-state index in [1.165, 1.54) is 18.4 Å². The van der Waals surface area contributed by atoms with Crippen LogP contribution in [-0.2, 0) is 11.3 Å². The molecule has 0 atom stereocenters. The molecule has 0 N–H and O–H groups in total. The van der Waals surface area contributed by atoms with Crippen LogP contribution in [0.25, 0.3) is 0 Å². The second kappa shape index (κ2) is 7.91. The van der Waals surface area contributed by atoms with Gasteiger partial charge >= 0.3 is 0 Å². The van der Waals surface area contributed by atoms with Crippen LogP contribution < -0.4 is 0 Å². The minimum atomic E-state index is 0.720. The lowest BCUT2D eigenvalue weighted by Gasteiger charge is -1.99. The van der Waals surface area contributed by atoms with Crippen LogP contribution in [0.2, 0.25) is 0 Å². The van der Waals surface area contributed by atoms with Gasteiger partial charge in [-0.25, -0.2) is 0 Å². The first-order valence-corrected chi connectivity index (χ1v) is 6.11. The summed E-state index contributed by atoms with van der Waals surface area (Å²) in [6.07, 6.45) is 6.35. The fourth-order valence-electron chi connectivity index (χ4n) is 1.46. The van der Waals surface area contributed by atoms with Gasteiger partial charge in [0, 0.05) is 0 Å². The zero-order valence-corrected chi connectivity index (χ0v) is 10.3. The van der Waals surface area contributed by atoms with Gasteiger partial charge in [-0.05, 0) is 24.0 Å². The Morgan fingerprint density at radius 1 is 1.25 bits per heavy atom. The fourth-order valence-corrected chi connectivity index (χ4v) is 1.46. The second-order valence-corrected chi connectivity index (χ2v) is 3.87. The molecule has 88 valence electrons. The number of hydrogen-bond acceptors (Lipinski definition) is 2.